The first-order chi connectivity index (χ1) is 17.1. The van der Waals surface area contributed by atoms with Crippen LogP contribution >= 0.6 is 0 Å². The Morgan fingerprint density at radius 1 is 1.11 bits per heavy atom. The monoisotopic (exact) mass is 485 g/mol. The van der Waals surface area contributed by atoms with Crippen LogP contribution in [-0.4, -0.2) is 29.6 Å². The second-order valence-corrected chi connectivity index (χ2v) is 11.1. The molecule has 0 amide bonds. The van der Waals surface area contributed by atoms with E-state index < -0.39 is 5.97 Å². The molecule has 0 aromatic heterocycles. The number of aliphatic carboxylic acids is 1. The number of carbonyl (C=O) groups is 1. The van der Waals surface area contributed by atoms with Crippen molar-refractivity contribution in [3.8, 4) is 0 Å². The van der Waals surface area contributed by atoms with Gasteiger partial charge >= 0.3 is 5.97 Å². The van der Waals surface area contributed by atoms with E-state index in [-0.39, 0.29) is 17.8 Å². The van der Waals surface area contributed by atoms with Crippen molar-refractivity contribution in [3.05, 3.63) is 93.5 Å². The highest BCUT2D eigenvalue weighted by molar-refractivity contribution is 5.74. The summed E-state index contributed by atoms with van der Waals surface area (Å²) in [6.45, 7) is 11.6. The summed E-state index contributed by atoms with van der Waals surface area (Å²) in [5.41, 5.74) is 16.3. The molecule has 0 fully saturated rings. The van der Waals surface area contributed by atoms with Crippen molar-refractivity contribution >= 4 is 17.3 Å². The zero-order valence-electron chi connectivity index (χ0n) is 22.2. The van der Waals surface area contributed by atoms with E-state index in [1.807, 2.05) is 26.1 Å². The van der Waals surface area contributed by atoms with Gasteiger partial charge in [-0.2, -0.15) is 0 Å². The molecule has 1 unspecified atom stereocenters. The van der Waals surface area contributed by atoms with Crippen molar-refractivity contribution in [1.29, 1.82) is 0 Å². The van der Waals surface area contributed by atoms with Gasteiger partial charge in [-0.1, -0.05) is 62.4 Å². The minimum atomic E-state index is -0.816. The van der Waals surface area contributed by atoms with Crippen molar-refractivity contribution < 1.29 is 9.90 Å². The third-order valence-corrected chi connectivity index (χ3v) is 7.58. The Morgan fingerprint density at radius 2 is 1.83 bits per heavy atom. The number of hydrogen-bond donors (Lipinski definition) is 3. The van der Waals surface area contributed by atoms with Gasteiger partial charge in [-0.05, 0) is 70.7 Å². The zero-order chi connectivity index (χ0) is 26.0. The summed E-state index contributed by atoms with van der Waals surface area (Å²) in [5, 5.41) is 12.9. The maximum absolute atomic E-state index is 11.9. The van der Waals surface area contributed by atoms with Crippen LogP contribution in [0, 0.1) is 19.3 Å². The Morgan fingerprint density at radius 3 is 2.53 bits per heavy atom. The normalized spacial score (nSPS) is 16.1. The standard InChI is InChI=1S/C31H39N3O2/c1-20-10-11-22(27(15-29(35)36)26-12-13-28(33-5)30(32)21(26)2)14-25(20)18-34-17-24-9-7-6-8-23(24)16-31(3,4)19-34/h6-14,27,33H,15-19,32H2,1-5H3,(H,35,36). The molecule has 36 heavy (non-hydrogen) atoms. The highest BCUT2D eigenvalue weighted by atomic mass is 16.4. The van der Waals surface area contributed by atoms with Crippen LogP contribution in [0.25, 0.3) is 0 Å². The largest absolute Gasteiger partial charge is 0.481 e. The first-order valence-electron chi connectivity index (χ1n) is 12.7. The molecule has 0 radical (unpaired) electrons. The molecule has 0 bridgehead atoms. The number of carboxylic acid groups (broad SMARTS) is 1. The lowest BCUT2D eigenvalue weighted by atomic mass is 9.84. The number of fused-ring (bicyclic) bond motifs is 1. The van der Waals surface area contributed by atoms with E-state index in [9.17, 15) is 9.90 Å². The minimum Gasteiger partial charge on any atom is -0.481 e. The van der Waals surface area contributed by atoms with E-state index in [0.29, 0.717) is 5.69 Å². The number of aryl methyl sites for hydroxylation is 1. The molecular formula is C31H39N3O2. The van der Waals surface area contributed by atoms with Crippen LogP contribution in [0.1, 0.15) is 65.1 Å². The third kappa shape index (κ3) is 5.57. The third-order valence-electron chi connectivity index (χ3n) is 7.58. The van der Waals surface area contributed by atoms with E-state index in [4.69, 9.17) is 5.73 Å². The van der Waals surface area contributed by atoms with Crippen LogP contribution in [0.4, 0.5) is 11.4 Å². The van der Waals surface area contributed by atoms with E-state index in [0.717, 1.165) is 48.4 Å². The summed E-state index contributed by atoms with van der Waals surface area (Å²) in [6.07, 6.45) is 1.09. The summed E-state index contributed by atoms with van der Waals surface area (Å²) in [4.78, 5) is 14.5. The van der Waals surface area contributed by atoms with E-state index >= 15 is 0 Å². The second-order valence-electron chi connectivity index (χ2n) is 11.1. The molecule has 5 heteroatoms. The van der Waals surface area contributed by atoms with Crippen LogP contribution in [-0.2, 0) is 24.3 Å². The van der Waals surface area contributed by atoms with Gasteiger partial charge in [-0.15, -0.1) is 0 Å². The lowest BCUT2D eigenvalue weighted by molar-refractivity contribution is -0.137. The number of nitrogens with zero attached hydrogens (tertiary/aromatic N) is 1. The summed E-state index contributed by atoms with van der Waals surface area (Å²) >= 11 is 0. The van der Waals surface area contributed by atoms with Crippen molar-refractivity contribution in [3.63, 3.8) is 0 Å². The molecule has 190 valence electrons. The lowest BCUT2D eigenvalue weighted by Gasteiger charge is -2.30. The highest BCUT2D eigenvalue weighted by Gasteiger charge is 2.28. The lowest BCUT2D eigenvalue weighted by Crippen LogP contribution is -2.32. The molecule has 4 N–H and O–H groups in total. The van der Waals surface area contributed by atoms with Crippen LogP contribution in [0.2, 0.25) is 0 Å². The predicted molar refractivity (Wildman–Crippen MR) is 148 cm³/mol. The summed E-state index contributed by atoms with van der Waals surface area (Å²) in [7, 11) is 1.84. The summed E-state index contributed by atoms with van der Waals surface area (Å²) in [5.74, 6) is -1.08. The molecule has 0 aliphatic carbocycles. The fourth-order valence-electron chi connectivity index (χ4n) is 5.71. The molecule has 1 aliphatic rings. The number of nitrogens with two attached hydrogens (primary N) is 1. The molecule has 3 aromatic rings. The van der Waals surface area contributed by atoms with Gasteiger partial charge in [0.1, 0.15) is 0 Å². The van der Waals surface area contributed by atoms with Gasteiger partial charge in [0.2, 0.25) is 0 Å². The first kappa shape index (κ1) is 25.8. The molecule has 0 saturated heterocycles. The fraction of sp³-hybridized carbons (Fsp3) is 0.387. The average molecular weight is 486 g/mol. The van der Waals surface area contributed by atoms with Crippen molar-refractivity contribution in [2.45, 2.75) is 59.5 Å². The van der Waals surface area contributed by atoms with Gasteiger partial charge in [0.25, 0.3) is 0 Å². The summed E-state index contributed by atoms with van der Waals surface area (Å²) < 4.78 is 0. The first-order valence-corrected chi connectivity index (χ1v) is 12.7. The van der Waals surface area contributed by atoms with Gasteiger partial charge in [-0.25, -0.2) is 0 Å². The molecule has 3 aromatic carbocycles. The topological polar surface area (TPSA) is 78.6 Å². The maximum Gasteiger partial charge on any atom is 0.304 e. The Balaban J connectivity index is 1.69. The van der Waals surface area contributed by atoms with E-state index in [1.165, 1.54) is 22.3 Å². The quantitative estimate of drug-likeness (QED) is 0.352. The molecule has 1 heterocycles. The molecule has 5 nitrogen and oxygen atoms in total. The predicted octanol–water partition coefficient (Wildman–Crippen LogP) is 6.12. The van der Waals surface area contributed by atoms with Crippen LogP contribution in [0.5, 0.6) is 0 Å². The molecule has 1 atom stereocenters. The number of benzene rings is 3. The van der Waals surface area contributed by atoms with Gasteiger partial charge in [-0.3, -0.25) is 9.69 Å². The molecule has 0 spiro atoms. The number of hydrogen-bond acceptors (Lipinski definition) is 4. The number of rotatable bonds is 7. The summed E-state index contributed by atoms with van der Waals surface area (Å²) in [6, 6.07) is 19.2. The number of carboxylic acids is 1. The zero-order valence-corrected chi connectivity index (χ0v) is 22.2. The number of anilines is 2. The highest BCUT2D eigenvalue weighted by Crippen LogP contribution is 2.37. The van der Waals surface area contributed by atoms with Gasteiger partial charge in [0.15, 0.2) is 0 Å². The Labute approximate surface area is 215 Å². The van der Waals surface area contributed by atoms with Gasteiger partial charge in [0.05, 0.1) is 17.8 Å². The second kappa shape index (κ2) is 10.4. The number of nitrogen functional groups attached to an aromatic ring is 1. The van der Waals surface area contributed by atoms with E-state index in [1.54, 1.807) is 0 Å². The molecule has 0 saturated carbocycles. The fourth-order valence-corrected chi connectivity index (χ4v) is 5.71. The van der Waals surface area contributed by atoms with Crippen molar-refractivity contribution in [2.75, 3.05) is 24.6 Å². The van der Waals surface area contributed by atoms with Crippen molar-refractivity contribution in [2.24, 2.45) is 5.41 Å². The number of nitrogens with one attached hydrogen (secondary N) is 1. The van der Waals surface area contributed by atoms with E-state index in [2.05, 4.69) is 73.5 Å². The van der Waals surface area contributed by atoms with Crippen LogP contribution < -0.4 is 11.1 Å². The molecule has 4 rings (SSSR count). The smallest absolute Gasteiger partial charge is 0.304 e. The maximum atomic E-state index is 11.9. The van der Waals surface area contributed by atoms with Crippen LogP contribution in [0.15, 0.2) is 54.6 Å². The van der Waals surface area contributed by atoms with Gasteiger partial charge < -0.3 is 16.2 Å². The van der Waals surface area contributed by atoms with Gasteiger partial charge in [0, 0.05) is 32.6 Å². The SMILES string of the molecule is CNc1ccc(C(CC(=O)O)c2ccc(C)c(CN3Cc4ccccc4CC(C)(C)C3)c2)c(C)c1N. The minimum absolute atomic E-state index is 0.0196. The van der Waals surface area contributed by atoms with Crippen LogP contribution in [0.3, 0.4) is 0 Å². The Bertz CT molecular complexity index is 1260. The van der Waals surface area contributed by atoms with Crippen molar-refractivity contribution in [1.82, 2.24) is 4.90 Å². The molecular weight excluding hydrogens is 446 g/mol. The average Bonchev–Trinajstić information content (AvgIpc) is 2.94. The molecule has 1 aliphatic heterocycles. The Kier molecular flexibility index (Phi) is 7.41. The Hall–Kier alpha value is -3.31.